The van der Waals surface area contributed by atoms with E-state index in [0.717, 1.165) is 0 Å². The van der Waals surface area contributed by atoms with E-state index in [-0.39, 0.29) is 16.3 Å². The van der Waals surface area contributed by atoms with Gasteiger partial charge in [0.15, 0.2) is 17.3 Å². The summed E-state index contributed by atoms with van der Waals surface area (Å²) in [5.41, 5.74) is 0.404. The lowest BCUT2D eigenvalue weighted by molar-refractivity contribution is 0.165. The molecule has 2 heterocycles. The Hall–Kier alpha value is -1.62. The van der Waals surface area contributed by atoms with Gasteiger partial charge in [-0.1, -0.05) is 11.6 Å². The third-order valence-corrected chi connectivity index (χ3v) is 2.61. The van der Waals surface area contributed by atoms with E-state index in [1.807, 2.05) is 0 Å². The van der Waals surface area contributed by atoms with Gasteiger partial charge in [-0.2, -0.15) is 0 Å². The van der Waals surface area contributed by atoms with Crippen LogP contribution in [-0.2, 0) is 0 Å². The van der Waals surface area contributed by atoms with Gasteiger partial charge < -0.3 is 9.47 Å². The second-order valence-corrected chi connectivity index (χ2v) is 3.63. The van der Waals surface area contributed by atoms with Gasteiger partial charge in [0.2, 0.25) is 0 Å². The molecule has 0 radical (unpaired) electrons. The van der Waals surface area contributed by atoms with Gasteiger partial charge in [-0.15, -0.1) is 0 Å². The molecule has 0 bridgehead atoms. The second-order valence-electron chi connectivity index (χ2n) is 3.27. The number of halogens is 2. The van der Waals surface area contributed by atoms with Crippen LogP contribution in [0.25, 0.3) is 10.9 Å². The predicted octanol–water partition coefficient (Wildman–Crippen LogP) is 2.19. The smallest absolute Gasteiger partial charge is 0.198 e. The van der Waals surface area contributed by atoms with E-state index < -0.39 is 5.82 Å². The van der Waals surface area contributed by atoms with Crippen molar-refractivity contribution in [2.45, 2.75) is 0 Å². The minimum Gasteiger partial charge on any atom is -0.486 e. The Labute approximate surface area is 95.0 Å². The molecule has 6 heteroatoms. The van der Waals surface area contributed by atoms with Crippen LogP contribution >= 0.6 is 11.6 Å². The molecule has 1 aliphatic rings. The standard InChI is InChI=1S/C10H6ClFN2O2/c11-10-7-5(13-4-14-10)3-6-9(8(7)12)16-2-1-15-6/h3-4H,1-2H2. The van der Waals surface area contributed by atoms with E-state index >= 15 is 0 Å². The van der Waals surface area contributed by atoms with Gasteiger partial charge in [0.05, 0.1) is 10.9 Å². The molecule has 0 aliphatic carbocycles. The lowest BCUT2D eigenvalue weighted by Crippen LogP contribution is -2.16. The maximum absolute atomic E-state index is 14.0. The quantitative estimate of drug-likeness (QED) is 0.662. The average molecular weight is 241 g/mol. The zero-order chi connectivity index (χ0) is 11.1. The molecule has 0 fully saturated rings. The van der Waals surface area contributed by atoms with Crippen LogP contribution in [0.3, 0.4) is 0 Å². The summed E-state index contributed by atoms with van der Waals surface area (Å²) >= 11 is 5.82. The highest BCUT2D eigenvalue weighted by Gasteiger charge is 2.21. The highest BCUT2D eigenvalue weighted by Crippen LogP contribution is 2.39. The van der Waals surface area contributed by atoms with Gasteiger partial charge in [-0.05, 0) is 0 Å². The van der Waals surface area contributed by atoms with Crippen molar-refractivity contribution < 1.29 is 13.9 Å². The van der Waals surface area contributed by atoms with Crippen molar-refractivity contribution in [2.24, 2.45) is 0 Å². The first-order valence-electron chi connectivity index (χ1n) is 4.65. The molecule has 1 aliphatic heterocycles. The van der Waals surface area contributed by atoms with Crippen LogP contribution in [0.4, 0.5) is 4.39 Å². The number of hydrogen-bond donors (Lipinski definition) is 0. The summed E-state index contributed by atoms with van der Waals surface area (Å²) in [5, 5.41) is 0.230. The molecule has 16 heavy (non-hydrogen) atoms. The number of nitrogens with zero attached hydrogens (tertiary/aromatic N) is 2. The summed E-state index contributed by atoms with van der Waals surface area (Å²) in [6, 6.07) is 1.60. The van der Waals surface area contributed by atoms with E-state index in [2.05, 4.69) is 9.97 Å². The minimum atomic E-state index is -0.571. The van der Waals surface area contributed by atoms with E-state index in [1.165, 1.54) is 6.33 Å². The summed E-state index contributed by atoms with van der Waals surface area (Å²) in [7, 11) is 0. The van der Waals surface area contributed by atoms with Crippen LogP contribution in [0.15, 0.2) is 12.4 Å². The van der Waals surface area contributed by atoms with Gasteiger partial charge in [-0.3, -0.25) is 0 Å². The lowest BCUT2D eigenvalue weighted by atomic mass is 10.2. The molecule has 0 amide bonds. The molecule has 3 rings (SSSR count). The van der Waals surface area contributed by atoms with Crippen molar-refractivity contribution in [3.8, 4) is 11.5 Å². The number of aromatic nitrogens is 2. The Kier molecular flexibility index (Phi) is 2.07. The van der Waals surface area contributed by atoms with Crippen molar-refractivity contribution >= 4 is 22.5 Å². The van der Waals surface area contributed by atoms with Crippen LogP contribution in [-0.4, -0.2) is 23.2 Å². The number of hydrogen-bond acceptors (Lipinski definition) is 4. The van der Waals surface area contributed by atoms with Crippen molar-refractivity contribution in [1.29, 1.82) is 0 Å². The summed E-state index contributed by atoms with van der Waals surface area (Å²) in [6.45, 7) is 0.720. The Morgan fingerprint density at radius 1 is 1.25 bits per heavy atom. The van der Waals surface area contributed by atoms with E-state index in [1.54, 1.807) is 6.07 Å². The highest BCUT2D eigenvalue weighted by molar-refractivity contribution is 6.34. The second kappa shape index (κ2) is 3.45. The van der Waals surface area contributed by atoms with Gasteiger partial charge in [-0.25, -0.2) is 14.4 Å². The maximum Gasteiger partial charge on any atom is 0.198 e. The van der Waals surface area contributed by atoms with Crippen molar-refractivity contribution in [1.82, 2.24) is 9.97 Å². The molecule has 1 aromatic heterocycles. The van der Waals surface area contributed by atoms with Crippen LogP contribution in [0.2, 0.25) is 5.15 Å². The van der Waals surface area contributed by atoms with Crippen LogP contribution < -0.4 is 9.47 Å². The van der Waals surface area contributed by atoms with Crippen molar-refractivity contribution in [3.05, 3.63) is 23.4 Å². The van der Waals surface area contributed by atoms with Gasteiger partial charge >= 0.3 is 0 Å². The van der Waals surface area contributed by atoms with E-state index in [4.69, 9.17) is 21.1 Å². The molecule has 2 aromatic rings. The molecular weight excluding hydrogens is 235 g/mol. The zero-order valence-corrected chi connectivity index (χ0v) is 8.79. The molecule has 82 valence electrons. The topological polar surface area (TPSA) is 44.2 Å². The first kappa shape index (κ1) is 9.59. The van der Waals surface area contributed by atoms with E-state index in [0.29, 0.717) is 24.5 Å². The van der Waals surface area contributed by atoms with Crippen LogP contribution in [0, 0.1) is 5.82 Å². The van der Waals surface area contributed by atoms with E-state index in [9.17, 15) is 4.39 Å². The molecule has 0 N–H and O–H groups in total. The van der Waals surface area contributed by atoms with Gasteiger partial charge in [0, 0.05) is 6.07 Å². The molecule has 0 unspecified atom stereocenters. The molecular formula is C10H6ClFN2O2. The lowest BCUT2D eigenvalue weighted by Gasteiger charge is -2.19. The SMILES string of the molecule is Fc1c2c(cc3ncnc(Cl)c13)OCCO2. The Morgan fingerprint density at radius 3 is 2.94 bits per heavy atom. The van der Waals surface area contributed by atoms with Gasteiger partial charge in [0.1, 0.15) is 24.7 Å². The highest BCUT2D eigenvalue weighted by atomic mass is 35.5. The van der Waals surface area contributed by atoms with Crippen LogP contribution in [0.1, 0.15) is 0 Å². The first-order chi connectivity index (χ1) is 7.77. The molecule has 4 nitrogen and oxygen atoms in total. The Morgan fingerprint density at radius 2 is 2.06 bits per heavy atom. The third-order valence-electron chi connectivity index (χ3n) is 2.33. The number of fused-ring (bicyclic) bond motifs is 2. The molecule has 0 saturated heterocycles. The fourth-order valence-corrected chi connectivity index (χ4v) is 1.86. The number of rotatable bonds is 0. The maximum atomic E-state index is 14.0. The first-order valence-corrected chi connectivity index (χ1v) is 5.03. The summed E-state index contributed by atoms with van der Waals surface area (Å²) in [5.74, 6) is -0.140. The average Bonchev–Trinajstić information content (AvgIpc) is 2.29. The van der Waals surface area contributed by atoms with Crippen molar-refractivity contribution in [2.75, 3.05) is 13.2 Å². The molecule has 1 aromatic carbocycles. The largest absolute Gasteiger partial charge is 0.486 e. The van der Waals surface area contributed by atoms with Gasteiger partial charge in [0.25, 0.3) is 0 Å². The fourth-order valence-electron chi connectivity index (χ4n) is 1.64. The monoisotopic (exact) mass is 240 g/mol. The molecule has 0 atom stereocenters. The Balaban J connectivity index is 2.40. The fraction of sp³-hybridized carbons (Fsp3) is 0.200. The normalized spacial score (nSPS) is 14.1. The molecule has 0 saturated carbocycles. The summed E-state index contributed by atoms with van der Waals surface area (Å²) < 4.78 is 24.5. The number of ether oxygens (including phenoxy) is 2. The van der Waals surface area contributed by atoms with Crippen molar-refractivity contribution in [3.63, 3.8) is 0 Å². The number of benzene rings is 1. The zero-order valence-electron chi connectivity index (χ0n) is 8.04. The summed E-state index contributed by atoms with van der Waals surface area (Å²) in [6.07, 6.45) is 1.28. The Bertz CT molecular complexity index is 576. The van der Waals surface area contributed by atoms with Crippen LogP contribution in [0.5, 0.6) is 11.5 Å². The molecule has 0 spiro atoms. The predicted molar refractivity (Wildman–Crippen MR) is 55.5 cm³/mol. The minimum absolute atomic E-state index is 0.0690. The summed E-state index contributed by atoms with van der Waals surface area (Å²) in [4.78, 5) is 7.67. The third kappa shape index (κ3) is 1.28.